The lowest BCUT2D eigenvalue weighted by molar-refractivity contribution is 1.19. The Morgan fingerprint density at radius 1 is 1.29 bits per heavy atom. The van der Waals surface area contributed by atoms with Gasteiger partial charge in [0.05, 0.1) is 17.6 Å². The van der Waals surface area contributed by atoms with Crippen molar-refractivity contribution in [3.8, 4) is 0 Å². The molecule has 0 saturated carbocycles. The van der Waals surface area contributed by atoms with E-state index >= 15 is 0 Å². The summed E-state index contributed by atoms with van der Waals surface area (Å²) < 4.78 is 0. The molecule has 0 aliphatic carbocycles. The molecule has 0 unspecified atom stereocenters. The third-order valence-electron chi connectivity index (χ3n) is 2.16. The lowest BCUT2D eigenvalue weighted by atomic mass is 10.3. The maximum atomic E-state index is 5.80. The molecule has 6 N–H and O–H groups in total. The minimum atomic E-state index is 0.463. The first-order valence-corrected chi connectivity index (χ1v) is 4.94. The van der Waals surface area contributed by atoms with E-state index in [0.717, 1.165) is 0 Å². The zero-order valence-electron chi connectivity index (χ0n) is 9.04. The van der Waals surface area contributed by atoms with Crippen molar-refractivity contribution in [2.24, 2.45) is 11.5 Å². The second-order valence-corrected chi connectivity index (χ2v) is 3.33. The summed E-state index contributed by atoms with van der Waals surface area (Å²) in [5, 5.41) is 0. The Bertz CT molecular complexity index is 602. The highest BCUT2D eigenvalue weighted by Gasteiger charge is 2.04. The van der Waals surface area contributed by atoms with Crippen LogP contribution in [0.3, 0.4) is 0 Å². The molecular formula is C11H12N6. The zero-order chi connectivity index (χ0) is 12.3. The number of aromatic nitrogens is 3. The van der Waals surface area contributed by atoms with Crippen molar-refractivity contribution in [1.82, 2.24) is 15.0 Å². The molecule has 2 aromatic rings. The van der Waals surface area contributed by atoms with Crippen molar-refractivity contribution in [2.75, 3.05) is 5.73 Å². The smallest absolute Gasteiger partial charge is 0.180 e. The molecule has 2 heterocycles. The third-order valence-corrected chi connectivity index (χ3v) is 2.16. The molecule has 6 nitrogen and oxygen atoms in total. The molecule has 0 fully saturated rings. The number of anilines is 1. The van der Waals surface area contributed by atoms with Crippen molar-refractivity contribution < 1.29 is 0 Å². The Labute approximate surface area is 97.9 Å². The van der Waals surface area contributed by atoms with Gasteiger partial charge in [-0.3, -0.25) is 0 Å². The fourth-order valence-electron chi connectivity index (χ4n) is 1.32. The predicted molar refractivity (Wildman–Crippen MR) is 67.2 cm³/mol. The van der Waals surface area contributed by atoms with Crippen molar-refractivity contribution in [3.05, 3.63) is 42.5 Å². The highest BCUT2D eigenvalue weighted by Crippen LogP contribution is 2.15. The second-order valence-electron chi connectivity index (χ2n) is 3.33. The second kappa shape index (κ2) is 4.48. The first kappa shape index (κ1) is 10.9. The molecule has 86 valence electrons. The quantitative estimate of drug-likeness (QED) is 0.640. The Kier molecular flexibility index (Phi) is 2.87. The normalized spacial score (nSPS) is 12.4. The topological polar surface area (TPSA) is 117 Å². The van der Waals surface area contributed by atoms with E-state index in [1.807, 2.05) is 0 Å². The zero-order valence-corrected chi connectivity index (χ0v) is 9.04. The van der Waals surface area contributed by atoms with Crippen LogP contribution in [0.2, 0.25) is 0 Å². The summed E-state index contributed by atoms with van der Waals surface area (Å²) in [7, 11) is 0. The fourth-order valence-corrected chi connectivity index (χ4v) is 1.32. The van der Waals surface area contributed by atoms with E-state index in [9.17, 15) is 0 Å². The summed E-state index contributed by atoms with van der Waals surface area (Å²) in [6.45, 7) is 0. The SMILES string of the molecule is N/C=C\C=C(/N)c1cnc2c(N)ccnc2n1. The molecule has 0 aromatic carbocycles. The van der Waals surface area contributed by atoms with Gasteiger partial charge in [0, 0.05) is 6.20 Å². The summed E-state index contributed by atoms with van der Waals surface area (Å²) in [6, 6.07) is 1.67. The van der Waals surface area contributed by atoms with Gasteiger partial charge < -0.3 is 17.2 Å². The largest absolute Gasteiger partial charge is 0.405 e. The average molecular weight is 228 g/mol. The van der Waals surface area contributed by atoms with Gasteiger partial charge in [0.25, 0.3) is 0 Å². The monoisotopic (exact) mass is 228 g/mol. The van der Waals surface area contributed by atoms with Gasteiger partial charge in [-0.1, -0.05) is 0 Å². The number of nitrogen functional groups attached to an aromatic ring is 1. The molecule has 6 heteroatoms. The van der Waals surface area contributed by atoms with Gasteiger partial charge in [0.2, 0.25) is 0 Å². The number of nitrogens with two attached hydrogens (primary N) is 3. The molecule has 0 amide bonds. The highest BCUT2D eigenvalue weighted by atomic mass is 14.9. The molecule has 2 aromatic heterocycles. The minimum Gasteiger partial charge on any atom is -0.405 e. The summed E-state index contributed by atoms with van der Waals surface area (Å²) in [5.41, 5.74) is 19.3. The van der Waals surface area contributed by atoms with Crippen LogP contribution in [0.15, 0.2) is 36.8 Å². The van der Waals surface area contributed by atoms with E-state index in [-0.39, 0.29) is 0 Å². The van der Waals surface area contributed by atoms with Gasteiger partial charge in [0.15, 0.2) is 5.65 Å². The summed E-state index contributed by atoms with van der Waals surface area (Å²) in [6.07, 6.45) is 7.78. The van der Waals surface area contributed by atoms with Gasteiger partial charge in [-0.15, -0.1) is 0 Å². The van der Waals surface area contributed by atoms with Crippen LogP contribution >= 0.6 is 0 Å². The average Bonchev–Trinajstić information content (AvgIpc) is 2.36. The number of hydrogen-bond acceptors (Lipinski definition) is 6. The molecule has 0 bridgehead atoms. The van der Waals surface area contributed by atoms with E-state index in [4.69, 9.17) is 17.2 Å². The molecule has 2 rings (SSSR count). The maximum absolute atomic E-state index is 5.80. The van der Waals surface area contributed by atoms with Crippen LogP contribution in [0.4, 0.5) is 5.69 Å². The Balaban J connectivity index is 2.52. The van der Waals surface area contributed by atoms with Crippen LogP contribution < -0.4 is 17.2 Å². The highest BCUT2D eigenvalue weighted by molar-refractivity contribution is 5.83. The van der Waals surface area contributed by atoms with Gasteiger partial charge in [-0.25, -0.2) is 15.0 Å². The van der Waals surface area contributed by atoms with E-state index in [2.05, 4.69) is 15.0 Å². The molecule has 0 aliphatic heterocycles. The Hall–Kier alpha value is -2.63. The van der Waals surface area contributed by atoms with Crippen LogP contribution in [0, 0.1) is 0 Å². The first-order valence-electron chi connectivity index (χ1n) is 4.94. The summed E-state index contributed by atoms with van der Waals surface area (Å²) >= 11 is 0. The van der Waals surface area contributed by atoms with E-state index in [1.54, 1.807) is 30.6 Å². The van der Waals surface area contributed by atoms with Gasteiger partial charge in [-0.2, -0.15) is 0 Å². The lowest BCUT2D eigenvalue weighted by Crippen LogP contribution is -2.02. The number of hydrogen-bond donors (Lipinski definition) is 3. The van der Waals surface area contributed by atoms with Crippen LogP contribution in [0.25, 0.3) is 16.9 Å². The van der Waals surface area contributed by atoms with Crippen molar-refractivity contribution >= 4 is 22.5 Å². The first-order chi connectivity index (χ1) is 8.22. The van der Waals surface area contributed by atoms with Crippen LogP contribution in [-0.4, -0.2) is 15.0 Å². The van der Waals surface area contributed by atoms with Crippen LogP contribution in [-0.2, 0) is 0 Å². The van der Waals surface area contributed by atoms with E-state index in [1.165, 1.54) is 6.20 Å². The standard InChI is InChI=1S/C11H12N6/c12-4-1-2-7(13)9-6-16-10-8(14)3-5-15-11(10)17-9/h1-6H,12-13H2,(H2,14,15,17)/b4-1-,7-2-. The Morgan fingerprint density at radius 3 is 2.88 bits per heavy atom. The molecule has 0 saturated heterocycles. The van der Waals surface area contributed by atoms with Crippen LogP contribution in [0.1, 0.15) is 5.69 Å². The number of rotatable bonds is 2. The summed E-state index contributed by atoms with van der Waals surface area (Å²) in [4.78, 5) is 12.5. The molecular weight excluding hydrogens is 216 g/mol. The fraction of sp³-hybridized carbons (Fsp3) is 0. The van der Waals surface area contributed by atoms with Crippen molar-refractivity contribution in [3.63, 3.8) is 0 Å². The predicted octanol–water partition coefficient (Wildman–Crippen LogP) is 0.379. The van der Waals surface area contributed by atoms with Gasteiger partial charge >= 0.3 is 0 Å². The van der Waals surface area contributed by atoms with E-state index < -0.39 is 0 Å². The summed E-state index contributed by atoms with van der Waals surface area (Å²) in [5.74, 6) is 0. The molecule has 0 atom stereocenters. The number of nitrogens with zero attached hydrogens (tertiary/aromatic N) is 3. The molecule has 0 spiro atoms. The maximum Gasteiger partial charge on any atom is 0.180 e. The molecule has 17 heavy (non-hydrogen) atoms. The third kappa shape index (κ3) is 2.15. The molecule has 0 radical (unpaired) electrons. The Morgan fingerprint density at radius 2 is 2.12 bits per heavy atom. The molecule has 0 aliphatic rings. The van der Waals surface area contributed by atoms with Gasteiger partial charge in [-0.05, 0) is 24.4 Å². The van der Waals surface area contributed by atoms with Crippen molar-refractivity contribution in [1.29, 1.82) is 0 Å². The minimum absolute atomic E-state index is 0.463. The lowest BCUT2D eigenvalue weighted by Gasteiger charge is -2.02. The van der Waals surface area contributed by atoms with Crippen molar-refractivity contribution in [2.45, 2.75) is 0 Å². The van der Waals surface area contributed by atoms with Crippen LogP contribution in [0.5, 0.6) is 0 Å². The number of pyridine rings is 1. The van der Waals surface area contributed by atoms with E-state index in [0.29, 0.717) is 28.2 Å². The number of fused-ring (bicyclic) bond motifs is 1. The number of allylic oxidation sites excluding steroid dienone is 2. The van der Waals surface area contributed by atoms with Gasteiger partial charge in [0.1, 0.15) is 11.2 Å².